The van der Waals surface area contributed by atoms with Crippen LogP contribution in [0.25, 0.3) is 0 Å². The maximum Gasteiger partial charge on any atom is 0.233 e. The van der Waals surface area contributed by atoms with E-state index in [1.807, 2.05) is 31.2 Å². The van der Waals surface area contributed by atoms with Gasteiger partial charge in [0.05, 0.1) is 18.5 Å². The number of aliphatic hydroxyl groups is 1. The van der Waals surface area contributed by atoms with E-state index in [1.165, 1.54) is 11.8 Å². The third-order valence-electron chi connectivity index (χ3n) is 2.39. The van der Waals surface area contributed by atoms with Crippen LogP contribution in [0.1, 0.15) is 12.5 Å². The molecule has 0 spiro atoms. The molecule has 1 aromatic rings. The van der Waals surface area contributed by atoms with E-state index in [1.54, 1.807) is 7.11 Å². The van der Waals surface area contributed by atoms with Gasteiger partial charge in [0.25, 0.3) is 0 Å². The summed E-state index contributed by atoms with van der Waals surface area (Å²) in [5, 5.41) is 11.6. The molecule has 0 saturated heterocycles. The van der Waals surface area contributed by atoms with Gasteiger partial charge >= 0.3 is 0 Å². The zero-order chi connectivity index (χ0) is 13.4. The summed E-state index contributed by atoms with van der Waals surface area (Å²) in [6.07, 6.45) is 0. The molecule has 0 radical (unpaired) electrons. The Kier molecular flexibility index (Phi) is 6.78. The Morgan fingerprint density at radius 3 is 2.67 bits per heavy atom. The van der Waals surface area contributed by atoms with Crippen LogP contribution in [0.4, 0.5) is 0 Å². The van der Waals surface area contributed by atoms with E-state index in [0.717, 1.165) is 10.5 Å². The van der Waals surface area contributed by atoms with Crippen LogP contribution >= 0.6 is 11.8 Å². The van der Waals surface area contributed by atoms with Crippen molar-refractivity contribution in [1.82, 2.24) is 5.32 Å². The fraction of sp³-hybridized carbons (Fsp3) is 0.462. The average molecular weight is 269 g/mol. The third-order valence-corrected chi connectivity index (χ3v) is 3.51. The molecule has 100 valence electrons. The number of hydrogen-bond donors (Lipinski definition) is 2. The molecule has 0 fully saturated rings. The Bertz CT molecular complexity index is 367. The van der Waals surface area contributed by atoms with E-state index in [2.05, 4.69) is 5.32 Å². The number of carbonyl (C=O) groups is 1. The smallest absolute Gasteiger partial charge is 0.233 e. The van der Waals surface area contributed by atoms with E-state index in [0.29, 0.717) is 13.2 Å². The quantitative estimate of drug-likeness (QED) is 0.580. The van der Waals surface area contributed by atoms with Crippen molar-refractivity contribution in [2.45, 2.75) is 23.7 Å². The van der Waals surface area contributed by atoms with E-state index in [-0.39, 0.29) is 17.8 Å². The lowest BCUT2D eigenvalue weighted by Gasteiger charge is -2.11. The molecular formula is C13H19NO3S. The summed E-state index contributed by atoms with van der Waals surface area (Å²) >= 11 is 1.49. The van der Waals surface area contributed by atoms with Crippen molar-refractivity contribution in [2.75, 3.05) is 20.3 Å². The van der Waals surface area contributed by atoms with E-state index in [4.69, 9.17) is 9.84 Å². The molecule has 1 aromatic carbocycles. The monoisotopic (exact) mass is 269 g/mol. The standard InChI is InChI=1S/C13H19NO3S/c1-10(13(16)14-7-8-17-2)18-12-5-3-11(9-15)4-6-12/h3-6,10,15H,7-9H2,1-2H3,(H,14,16). The summed E-state index contributed by atoms with van der Waals surface area (Å²) in [7, 11) is 1.60. The number of aliphatic hydroxyl groups excluding tert-OH is 1. The second-order valence-electron chi connectivity index (χ2n) is 3.85. The van der Waals surface area contributed by atoms with Crippen LogP contribution in [0, 0.1) is 0 Å². The van der Waals surface area contributed by atoms with Gasteiger partial charge in [-0.05, 0) is 24.6 Å². The van der Waals surface area contributed by atoms with Crippen molar-refractivity contribution in [3.63, 3.8) is 0 Å². The molecule has 1 amide bonds. The molecule has 2 N–H and O–H groups in total. The first kappa shape index (κ1) is 15.0. The lowest BCUT2D eigenvalue weighted by atomic mass is 10.2. The van der Waals surface area contributed by atoms with Gasteiger partial charge in [0, 0.05) is 18.6 Å². The molecule has 18 heavy (non-hydrogen) atoms. The topological polar surface area (TPSA) is 58.6 Å². The van der Waals surface area contributed by atoms with Gasteiger partial charge in [0.1, 0.15) is 0 Å². The Morgan fingerprint density at radius 2 is 2.11 bits per heavy atom. The summed E-state index contributed by atoms with van der Waals surface area (Å²) in [6, 6.07) is 7.54. The van der Waals surface area contributed by atoms with Crippen LogP contribution in [0.2, 0.25) is 0 Å². The average Bonchev–Trinajstić information content (AvgIpc) is 2.39. The number of nitrogens with one attached hydrogen (secondary N) is 1. The predicted molar refractivity (Wildman–Crippen MR) is 72.6 cm³/mol. The van der Waals surface area contributed by atoms with Crippen LogP contribution in [0.5, 0.6) is 0 Å². The molecule has 0 heterocycles. The molecule has 1 unspecified atom stereocenters. The van der Waals surface area contributed by atoms with E-state index >= 15 is 0 Å². The number of carbonyl (C=O) groups excluding carboxylic acids is 1. The van der Waals surface area contributed by atoms with Gasteiger partial charge in [-0.2, -0.15) is 0 Å². The van der Waals surface area contributed by atoms with Gasteiger partial charge < -0.3 is 15.2 Å². The SMILES string of the molecule is COCCNC(=O)C(C)Sc1ccc(CO)cc1. The number of amides is 1. The van der Waals surface area contributed by atoms with Crippen molar-refractivity contribution in [2.24, 2.45) is 0 Å². The van der Waals surface area contributed by atoms with Gasteiger partial charge in [-0.15, -0.1) is 11.8 Å². The molecule has 0 aliphatic rings. The summed E-state index contributed by atoms with van der Waals surface area (Å²) < 4.78 is 4.87. The molecule has 1 atom stereocenters. The van der Waals surface area contributed by atoms with Crippen LogP contribution in [-0.4, -0.2) is 36.5 Å². The number of thioether (sulfide) groups is 1. The normalized spacial score (nSPS) is 12.2. The first-order valence-electron chi connectivity index (χ1n) is 5.80. The lowest BCUT2D eigenvalue weighted by Crippen LogP contribution is -2.33. The molecule has 1 rings (SSSR count). The van der Waals surface area contributed by atoms with Crippen molar-refractivity contribution in [1.29, 1.82) is 0 Å². The maximum absolute atomic E-state index is 11.7. The Morgan fingerprint density at radius 1 is 1.44 bits per heavy atom. The molecule has 0 aliphatic heterocycles. The summed E-state index contributed by atoms with van der Waals surface area (Å²) in [6.45, 7) is 2.96. The van der Waals surface area contributed by atoms with Gasteiger partial charge in [-0.25, -0.2) is 0 Å². The first-order chi connectivity index (χ1) is 8.67. The first-order valence-corrected chi connectivity index (χ1v) is 6.68. The number of methoxy groups -OCH3 is 1. The number of benzene rings is 1. The van der Waals surface area contributed by atoms with Crippen molar-refractivity contribution in [3.8, 4) is 0 Å². The van der Waals surface area contributed by atoms with Crippen molar-refractivity contribution >= 4 is 17.7 Å². The molecular weight excluding hydrogens is 250 g/mol. The van der Waals surface area contributed by atoms with Crippen LogP contribution in [0.15, 0.2) is 29.2 Å². The summed E-state index contributed by atoms with van der Waals surface area (Å²) in [5.74, 6) is 0.00304. The number of hydrogen-bond acceptors (Lipinski definition) is 4. The molecule has 0 aliphatic carbocycles. The minimum Gasteiger partial charge on any atom is -0.392 e. The van der Waals surface area contributed by atoms with Crippen molar-refractivity contribution < 1.29 is 14.6 Å². The largest absolute Gasteiger partial charge is 0.392 e. The fourth-order valence-electron chi connectivity index (χ4n) is 1.35. The zero-order valence-corrected chi connectivity index (χ0v) is 11.5. The third kappa shape index (κ3) is 5.08. The molecule has 0 bridgehead atoms. The highest BCUT2D eigenvalue weighted by atomic mass is 32.2. The highest BCUT2D eigenvalue weighted by Gasteiger charge is 2.13. The predicted octanol–water partition coefficient (Wildman–Crippen LogP) is 1.42. The Balaban J connectivity index is 2.42. The van der Waals surface area contributed by atoms with Gasteiger partial charge in [0.2, 0.25) is 5.91 Å². The Labute approximate surface area is 112 Å². The summed E-state index contributed by atoms with van der Waals surface area (Å²) in [4.78, 5) is 12.7. The Hall–Kier alpha value is -1.04. The fourth-order valence-corrected chi connectivity index (χ4v) is 2.24. The van der Waals surface area contributed by atoms with Crippen LogP contribution in [-0.2, 0) is 16.1 Å². The minimum atomic E-state index is -0.151. The number of ether oxygens (including phenoxy) is 1. The number of rotatable bonds is 7. The molecule has 0 saturated carbocycles. The highest BCUT2D eigenvalue weighted by molar-refractivity contribution is 8.00. The maximum atomic E-state index is 11.7. The van der Waals surface area contributed by atoms with E-state index < -0.39 is 0 Å². The van der Waals surface area contributed by atoms with Gasteiger partial charge in [0.15, 0.2) is 0 Å². The van der Waals surface area contributed by atoms with E-state index in [9.17, 15) is 4.79 Å². The second-order valence-corrected chi connectivity index (χ2v) is 5.26. The van der Waals surface area contributed by atoms with Gasteiger partial charge in [-0.3, -0.25) is 4.79 Å². The summed E-state index contributed by atoms with van der Waals surface area (Å²) in [5.41, 5.74) is 0.872. The lowest BCUT2D eigenvalue weighted by molar-refractivity contribution is -0.120. The highest BCUT2D eigenvalue weighted by Crippen LogP contribution is 2.23. The molecule has 5 heteroatoms. The zero-order valence-electron chi connectivity index (χ0n) is 10.7. The molecule has 0 aromatic heterocycles. The van der Waals surface area contributed by atoms with Crippen LogP contribution in [0.3, 0.4) is 0 Å². The van der Waals surface area contributed by atoms with Gasteiger partial charge in [-0.1, -0.05) is 12.1 Å². The van der Waals surface area contributed by atoms with Crippen molar-refractivity contribution in [3.05, 3.63) is 29.8 Å². The second kappa shape index (κ2) is 8.13. The van der Waals surface area contributed by atoms with Crippen LogP contribution < -0.4 is 5.32 Å². The molecule has 4 nitrogen and oxygen atoms in total. The minimum absolute atomic E-state index is 0.00304.